The Morgan fingerprint density at radius 3 is 2.88 bits per heavy atom. The minimum absolute atomic E-state index is 0.0512. The van der Waals surface area contributed by atoms with Gasteiger partial charge in [-0.05, 0) is 37.5 Å². The molecule has 0 radical (unpaired) electrons. The third kappa shape index (κ3) is 3.08. The smallest absolute Gasteiger partial charge is 0.324 e. The van der Waals surface area contributed by atoms with Gasteiger partial charge in [-0.25, -0.2) is 9.52 Å². The van der Waals surface area contributed by atoms with Crippen LogP contribution in [-0.2, 0) is 9.59 Å². The van der Waals surface area contributed by atoms with Crippen LogP contribution >= 0.6 is 23.5 Å². The molecule has 136 valence electrons. The molecule has 0 bridgehead atoms. The molecule has 3 aliphatic rings. The van der Waals surface area contributed by atoms with Crippen LogP contribution in [-0.4, -0.2) is 46.3 Å². The molecule has 1 saturated heterocycles. The summed E-state index contributed by atoms with van der Waals surface area (Å²) in [6.45, 7) is 1.70. The first-order valence-corrected chi connectivity index (χ1v) is 9.53. The molecular weight excluding hydrogens is 376 g/mol. The quantitative estimate of drug-likeness (QED) is 0.769. The van der Waals surface area contributed by atoms with Crippen LogP contribution in [0.25, 0.3) is 0 Å². The number of nitrogens with one attached hydrogen (secondary N) is 2. The maximum Gasteiger partial charge on any atom is 0.331 e. The Balaban J connectivity index is 1.54. The predicted octanol–water partition coefficient (Wildman–Crippen LogP) is 2.47. The lowest BCUT2D eigenvalue weighted by Crippen LogP contribution is -2.61. The number of urea groups is 1. The summed E-state index contributed by atoms with van der Waals surface area (Å²) in [6, 6.07) is 4.16. The monoisotopic (exact) mass is 392 g/mol. The van der Waals surface area contributed by atoms with Crippen LogP contribution in [0.2, 0.25) is 5.02 Å². The number of rotatable bonds is 4. The molecule has 1 aromatic rings. The number of hydrogen-bond donors (Lipinski definition) is 2. The van der Waals surface area contributed by atoms with Gasteiger partial charge in [0.25, 0.3) is 5.91 Å². The molecule has 9 heteroatoms. The fourth-order valence-electron chi connectivity index (χ4n) is 3.05. The summed E-state index contributed by atoms with van der Waals surface area (Å²) in [5.74, 6) is -0.582. The molecule has 1 unspecified atom stereocenters. The summed E-state index contributed by atoms with van der Waals surface area (Å²) < 4.78 is 3.00. The number of carbonyl (C=O) groups is 3. The van der Waals surface area contributed by atoms with Crippen molar-refractivity contribution in [2.24, 2.45) is 0 Å². The molecule has 7 nitrogen and oxygen atoms in total. The van der Waals surface area contributed by atoms with Gasteiger partial charge in [-0.1, -0.05) is 29.6 Å². The van der Waals surface area contributed by atoms with Gasteiger partial charge in [0.05, 0.1) is 5.70 Å². The Morgan fingerprint density at radius 2 is 2.15 bits per heavy atom. The zero-order valence-electron chi connectivity index (χ0n) is 14.0. The summed E-state index contributed by atoms with van der Waals surface area (Å²) in [6.07, 6.45) is 1.64. The third-order valence-electron chi connectivity index (χ3n) is 4.58. The fourth-order valence-corrected chi connectivity index (χ4v) is 4.03. The van der Waals surface area contributed by atoms with Crippen LogP contribution in [0.5, 0.6) is 0 Å². The summed E-state index contributed by atoms with van der Waals surface area (Å²) in [5.41, 5.74) is 2.00. The predicted molar refractivity (Wildman–Crippen MR) is 99.4 cm³/mol. The van der Waals surface area contributed by atoms with E-state index < -0.39 is 12.1 Å². The van der Waals surface area contributed by atoms with Gasteiger partial charge in [-0.2, -0.15) is 0 Å². The Bertz CT molecular complexity index is 839. The first kappa shape index (κ1) is 17.4. The Morgan fingerprint density at radius 1 is 1.38 bits per heavy atom. The third-order valence-corrected chi connectivity index (χ3v) is 5.55. The molecule has 4 amide bonds. The second-order valence-electron chi connectivity index (χ2n) is 6.53. The average Bonchev–Trinajstić information content (AvgIpc) is 3.30. The summed E-state index contributed by atoms with van der Waals surface area (Å²) >= 11 is 7.24. The van der Waals surface area contributed by atoms with Gasteiger partial charge in [-0.15, -0.1) is 0 Å². The number of benzene rings is 1. The molecule has 2 N–H and O–H groups in total. The Hall–Kier alpha value is -2.03. The molecule has 4 rings (SSSR count). The van der Waals surface area contributed by atoms with Gasteiger partial charge in [0, 0.05) is 22.2 Å². The highest BCUT2D eigenvalue weighted by molar-refractivity contribution is 8.00. The van der Waals surface area contributed by atoms with Crippen molar-refractivity contribution in [2.75, 3.05) is 11.9 Å². The van der Waals surface area contributed by atoms with Crippen molar-refractivity contribution >= 4 is 47.1 Å². The van der Waals surface area contributed by atoms with E-state index >= 15 is 0 Å². The van der Waals surface area contributed by atoms with Gasteiger partial charge in [0.15, 0.2) is 0 Å². The van der Waals surface area contributed by atoms with E-state index in [1.165, 1.54) is 21.7 Å². The number of halogens is 1. The van der Waals surface area contributed by atoms with Crippen LogP contribution < -0.4 is 10.0 Å². The van der Waals surface area contributed by atoms with Crippen LogP contribution in [0.15, 0.2) is 29.3 Å². The van der Waals surface area contributed by atoms with E-state index in [4.69, 9.17) is 11.6 Å². The molecule has 2 aliphatic heterocycles. The fraction of sp³-hybridized carbons (Fsp3) is 0.353. The van der Waals surface area contributed by atoms with Crippen LogP contribution in [0, 0.1) is 6.92 Å². The maximum absolute atomic E-state index is 12.8. The molecule has 1 aromatic carbocycles. The van der Waals surface area contributed by atoms with E-state index in [1.54, 1.807) is 17.5 Å². The van der Waals surface area contributed by atoms with Crippen molar-refractivity contribution in [1.29, 1.82) is 0 Å². The van der Waals surface area contributed by atoms with Crippen LogP contribution in [0.3, 0.4) is 0 Å². The lowest BCUT2D eigenvalue weighted by atomic mass is 10.1. The SMILES string of the molecule is Cc1ccc(Cl)cc1NC(=O)CN1C(=O)N(C2CC2)C(=O)C2NSC=C21. The molecule has 0 aromatic heterocycles. The lowest BCUT2D eigenvalue weighted by Gasteiger charge is -2.38. The standard InChI is InChI=1S/C17H17ClN4O3S/c1-9-2-3-10(18)6-12(9)19-14(23)7-21-13-8-26-20-15(13)16(24)22(17(21)25)11-4-5-11/h2-3,6,8,11,15,20H,4-5,7H2,1H3,(H,19,23). The normalized spacial score (nSPS) is 22.4. The van der Waals surface area contributed by atoms with E-state index in [-0.39, 0.29) is 24.4 Å². The van der Waals surface area contributed by atoms with Gasteiger partial charge >= 0.3 is 6.03 Å². The van der Waals surface area contributed by atoms with Crippen molar-refractivity contribution in [3.63, 3.8) is 0 Å². The highest BCUT2D eigenvalue weighted by atomic mass is 35.5. The van der Waals surface area contributed by atoms with Crippen molar-refractivity contribution in [1.82, 2.24) is 14.5 Å². The Labute approximate surface area is 159 Å². The average molecular weight is 393 g/mol. The van der Waals surface area contributed by atoms with Gasteiger partial charge in [0.1, 0.15) is 12.6 Å². The second-order valence-corrected chi connectivity index (χ2v) is 7.67. The zero-order chi connectivity index (χ0) is 18.4. The first-order valence-electron chi connectivity index (χ1n) is 8.27. The highest BCUT2D eigenvalue weighted by Gasteiger charge is 2.50. The minimum Gasteiger partial charge on any atom is -0.324 e. The van der Waals surface area contributed by atoms with E-state index in [0.717, 1.165) is 18.4 Å². The number of hydrogen-bond acceptors (Lipinski definition) is 5. The maximum atomic E-state index is 12.8. The van der Waals surface area contributed by atoms with E-state index in [9.17, 15) is 14.4 Å². The summed E-state index contributed by atoms with van der Waals surface area (Å²) in [7, 11) is 0. The summed E-state index contributed by atoms with van der Waals surface area (Å²) in [5, 5.41) is 5.02. The van der Waals surface area contributed by atoms with Crippen molar-refractivity contribution in [3.05, 3.63) is 39.9 Å². The van der Waals surface area contributed by atoms with Crippen molar-refractivity contribution in [2.45, 2.75) is 31.8 Å². The molecule has 1 aliphatic carbocycles. The number of nitrogens with zero attached hydrogens (tertiary/aromatic N) is 2. The van der Waals surface area contributed by atoms with Crippen LogP contribution in [0.1, 0.15) is 18.4 Å². The van der Waals surface area contributed by atoms with Crippen molar-refractivity contribution in [3.8, 4) is 0 Å². The van der Waals surface area contributed by atoms with Gasteiger partial charge in [-0.3, -0.25) is 19.4 Å². The molecular formula is C17H17ClN4O3S. The van der Waals surface area contributed by atoms with Crippen LogP contribution in [0.4, 0.5) is 10.5 Å². The topological polar surface area (TPSA) is 81.8 Å². The number of amides is 4. The minimum atomic E-state index is -0.584. The zero-order valence-corrected chi connectivity index (χ0v) is 15.6. The molecule has 1 saturated carbocycles. The molecule has 26 heavy (non-hydrogen) atoms. The molecule has 1 atom stereocenters. The second kappa shape index (κ2) is 6.61. The largest absolute Gasteiger partial charge is 0.331 e. The van der Waals surface area contributed by atoms with E-state index in [1.807, 2.05) is 13.0 Å². The first-order chi connectivity index (χ1) is 12.5. The molecule has 2 fully saturated rings. The number of aryl methyl sites for hydroxylation is 1. The summed E-state index contributed by atoms with van der Waals surface area (Å²) in [4.78, 5) is 40.6. The highest BCUT2D eigenvalue weighted by Crippen LogP contribution is 2.36. The Kier molecular flexibility index (Phi) is 4.42. The van der Waals surface area contributed by atoms with E-state index in [0.29, 0.717) is 16.4 Å². The number of anilines is 1. The number of carbonyl (C=O) groups excluding carboxylic acids is 3. The number of imide groups is 1. The molecule has 0 spiro atoms. The van der Waals surface area contributed by atoms with Crippen molar-refractivity contribution < 1.29 is 14.4 Å². The van der Waals surface area contributed by atoms with Gasteiger partial charge in [0.2, 0.25) is 5.91 Å². The van der Waals surface area contributed by atoms with Gasteiger partial charge < -0.3 is 5.32 Å². The van der Waals surface area contributed by atoms with E-state index in [2.05, 4.69) is 10.0 Å². The number of fused-ring (bicyclic) bond motifs is 1. The lowest BCUT2D eigenvalue weighted by molar-refractivity contribution is -0.132. The molecule has 2 heterocycles.